The summed E-state index contributed by atoms with van der Waals surface area (Å²) < 4.78 is 4.91. The summed E-state index contributed by atoms with van der Waals surface area (Å²) in [6, 6.07) is 0. The van der Waals surface area contributed by atoms with Crippen molar-refractivity contribution in [3.63, 3.8) is 0 Å². The van der Waals surface area contributed by atoms with E-state index in [-0.39, 0.29) is 24.3 Å². The molecule has 1 amide bonds. The number of ether oxygens (including phenoxy) is 1. The van der Waals surface area contributed by atoms with E-state index in [0.29, 0.717) is 6.54 Å². The molecule has 6 nitrogen and oxygen atoms in total. The lowest BCUT2D eigenvalue weighted by molar-refractivity contribution is -0.142. The SMILES string of the molecule is COC(CN)C(=O)NCC1(CC(=O)O)CCC1. The number of hydrogen-bond donors (Lipinski definition) is 3. The fourth-order valence-electron chi connectivity index (χ4n) is 2.11. The van der Waals surface area contributed by atoms with Crippen molar-refractivity contribution in [2.75, 3.05) is 20.2 Å². The first-order valence-corrected chi connectivity index (χ1v) is 5.75. The van der Waals surface area contributed by atoms with Gasteiger partial charge in [-0.2, -0.15) is 0 Å². The molecule has 6 heteroatoms. The smallest absolute Gasteiger partial charge is 0.303 e. The third kappa shape index (κ3) is 3.67. The molecule has 1 aliphatic carbocycles. The van der Waals surface area contributed by atoms with Crippen molar-refractivity contribution in [1.82, 2.24) is 5.32 Å². The highest BCUT2D eigenvalue weighted by molar-refractivity contribution is 5.81. The van der Waals surface area contributed by atoms with Crippen molar-refractivity contribution in [2.45, 2.75) is 31.8 Å². The second-order valence-electron chi connectivity index (χ2n) is 4.60. The van der Waals surface area contributed by atoms with Gasteiger partial charge in [-0.25, -0.2) is 0 Å². The van der Waals surface area contributed by atoms with Gasteiger partial charge in [0.2, 0.25) is 5.91 Å². The lowest BCUT2D eigenvalue weighted by Crippen LogP contribution is -2.48. The lowest BCUT2D eigenvalue weighted by atomic mass is 9.66. The van der Waals surface area contributed by atoms with Gasteiger partial charge < -0.3 is 20.9 Å². The van der Waals surface area contributed by atoms with E-state index in [0.717, 1.165) is 19.3 Å². The summed E-state index contributed by atoms with van der Waals surface area (Å²) in [6.07, 6.45) is 2.16. The molecule has 0 radical (unpaired) electrons. The van der Waals surface area contributed by atoms with Crippen molar-refractivity contribution in [3.8, 4) is 0 Å². The number of carboxylic acid groups (broad SMARTS) is 1. The van der Waals surface area contributed by atoms with Gasteiger partial charge in [-0.3, -0.25) is 9.59 Å². The van der Waals surface area contributed by atoms with E-state index < -0.39 is 12.1 Å². The van der Waals surface area contributed by atoms with Crippen LogP contribution in [0.2, 0.25) is 0 Å². The van der Waals surface area contributed by atoms with Crippen molar-refractivity contribution in [2.24, 2.45) is 11.1 Å². The number of nitrogens with two attached hydrogens (primary N) is 1. The van der Waals surface area contributed by atoms with Crippen LogP contribution in [-0.2, 0) is 14.3 Å². The summed E-state index contributed by atoms with van der Waals surface area (Å²) in [5, 5.41) is 11.5. The Morgan fingerprint density at radius 2 is 2.18 bits per heavy atom. The largest absolute Gasteiger partial charge is 0.481 e. The molecule has 1 fully saturated rings. The molecule has 0 aromatic heterocycles. The number of rotatable bonds is 7. The molecule has 17 heavy (non-hydrogen) atoms. The average Bonchev–Trinajstić information content (AvgIpc) is 2.23. The zero-order valence-electron chi connectivity index (χ0n) is 10.1. The molecule has 0 saturated heterocycles. The first-order valence-electron chi connectivity index (χ1n) is 5.75. The van der Waals surface area contributed by atoms with Crippen LogP contribution in [0.3, 0.4) is 0 Å². The zero-order valence-corrected chi connectivity index (χ0v) is 10.1. The Balaban J connectivity index is 2.42. The van der Waals surface area contributed by atoms with E-state index in [2.05, 4.69) is 5.32 Å². The summed E-state index contributed by atoms with van der Waals surface area (Å²) in [5.41, 5.74) is 5.10. The molecule has 1 atom stereocenters. The number of carbonyl (C=O) groups is 2. The Labute approximate surface area is 101 Å². The maximum Gasteiger partial charge on any atom is 0.303 e. The van der Waals surface area contributed by atoms with Gasteiger partial charge in [-0.1, -0.05) is 6.42 Å². The molecule has 0 aromatic rings. The quantitative estimate of drug-likeness (QED) is 0.571. The van der Waals surface area contributed by atoms with Gasteiger partial charge in [0.1, 0.15) is 6.10 Å². The summed E-state index contributed by atoms with van der Waals surface area (Å²) in [5.74, 6) is -1.09. The van der Waals surface area contributed by atoms with Gasteiger partial charge >= 0.3 is 5.97 Å². The minimum atomic E-state index is -0.818. The summed E-state index contributed by atoms with van der Waals surface area (Å²) in [6.45, 7) is 0.506. The number of carboxylic acids is 1. The normalized spacial score (nSPS) is 19.2. The van der Waals surface area contributed by atoms with E-state index in [1.54, 1.807) is 0 Å². The van der Waals surface area contributed by atoms with Gasteiger partial charge in [0.15, 0.2) is 0 Å². The number of methoxy groups -OCH3 is 1. The molecular formula is C11H20N2O4. The molecule has 4 N–H and O–H groups in total. The lowest BCUT2D eigenvalue weighted by Gasteiger charge is -2.41. The molecular weight excluding hydrogens is 224 g/mol. The van der Waals surface area contributed by atoms with E-state index in [9.17, 15) is 9.59 Å². The molecule has 0 bridgehead atoms. The molecule has 1 rings (SSSR count). The predicted molar refractivity (Wildman–Crippen MR) is 61.4 cm³/mol. The number of carbonyl (C=O) groups excluding carboxylic acids is 1. The highest BCUT2D eigenvalue weighted by Gasteiger charge is 2.39. The van der Waals surface area contributed by atoms with E-state index in [1.807, 2.05) is 0 Å². The number of amides is 1. The van der Waals surface area contributed by atoms with Crippen molar-refractivity contribution >= 4 is 11.9 Å². The van der Waals surface area contributed by atoms with Crippen LogP contribution in [0.1, 0.15) is 25.7 Å². The van der Waals surface area contributed by atoms with E-state index >= 15 is 0 Å². The molecule has 0 aromatic carbocycles. The van der Waals surface area contributed by atoms with Crippen molar-refractivity contribution in [3.05, 3.63) is 0 Å². The van der Waals surface area contributed by atoms with Gasteiger partial charge in [-0.15, -0.1) is 0 Å². The molecule has 0 heterocycles. The van der Waals surface area contributed by atoms with Crippen LogP contribution in [-0.4, -0.2) is 43.3 Å². The van der Waals surface area contributed by atoms with Gasteiger partial charge in [0.25, 0.3) is 0 Å². The van der Waals surface area contributed by atoms with Crippen LogP contribution in [0.15, 0.2) is 0 Å². The Morgan fingerprint density at radius 3 is 2.53 bits per heavy atom. The Kier molecular flexibility index (Phi) is 4.89. The molecule has 1 unspecified atom stereocenters. The number of nitrogens with one attached hydrogen (secondary N) is 1. The third-order valence-corrected chi connectivity index (χ3v) is 3.37. The Morgan fingerprint density at radius 1 is 1.53 bits per heavy atom. The van der Waals surface area contributed by atoms with Crippen molar-refractivity contribution in [1.29, 1.82) is 0 Å². The van der Waals surface area contributed by atoms with E-state index in [4.69, 9.17) is 15.6 Å². The highest BCUT2D eigenvalue weighted by Crippen LogP contribution is 2.43. The van der Waals surface area contributed by atoms with Crippen LogP contribution in [0, 0.1) is 5.41 Å². The maximum atomic E-state index is 11.6. The fraction of sp³-hybridized carbons (Fsp3) is 0.818. The van der Waals surface area contributed by atoms with Gasteiger partial charge in [-0.05, 0) is 18.3 Å². The predicted octanol–water partition coefficient (Wildman–Crippen LogP) is -0.279. The minimum Gasteiger partial charge on any atom is -0.481 e. The van der Waals surface area contributed by atoms with Crippen LogP contribution in [0.25, 0.3) is 0 Å². The average molecular weight is 244 g/mol. The monoisotopic (exact) mass is 244 g/mol. The topological polar surface area (TPSA) is 102 Å². The fourth-order valence-corrected chi connectivity index (χ4v) is 2.11. The van der Waals surface area contributed by atoms with Crippen LogP contribution >= 0.6 is 0 Å². The zero-order chi connectivity index (χ0) is 12.9. The van der Waals surface area contributed by atoms with Crippen molar-refractivity contribution < 1.29 is 19.4 Å². The summed E-state index contributed by atoms with van der Waals surface area (Å²) in [7, 11) is 1.42. The molecule has 98 valence electrons. The second kappa shape index (κ2) is 5.97. The second-order valence-corrected chi connectivity index (χ2v) is 4.60. The standard InChI is InChI=1S/C11H20N2O4/c1-17-8(6-12)10(16)13-7-11(3-2-4-11)5-9(14)15/h8H,2-7,12H2,1H3,(H,13,16)(H,14,15). The molecule has 1 saturated carbocycles. The first-order chi connectivity index (χ1) is 8.03. The Bertz CT molecular complexity index is 285. The number of aliphatic carboxylic acids is 1. The first kappa shape index (κ1) is 13.9. The molecule has 0 spiro atoms. The van der Waals surface area contributed by atoms with E-state index in [1.165, 1.54) is 7.11 Å². The maximum absolute atomic E-state index is 11.6. The molecule has 0 aliphatic heterocycles. The minimum absolute atomic E-state index is 0.105. The number of hydrogen-bond acceptors (Lipinski definition) is 4. The Hall–Kier alpha value is -1.14. The summed E-state index contributed by atoms with van der Waals surface area (Å²) in [4.78, 5) is 22.4. The third-order valence-electron chi connectivity index (χ3n) is 3.37. The van der Waals surface area contributed by atoms with Crippen LogP contribution in [0.5, 0.6) is 0 Å². The van der Waals surface area contributed by atoms with Gasteiger partial charge in [0, 0.05) is 20.2 Å². The summed E-state index contributed by atoms with van der Waals surface area (Å²) >= 11 is 0. The molecule has 1 aliphatic rings. The van der Waals surface area contributed by atoms with Crippen LogP contribution in [0.4, 0.5) is 0 Å². The van der Waals surface area contributed by atoms with Gasteiger partial charge in [0.05, 0.1) is 6.42 Å². The highest BCUT2D eigenvalue weighted by atomic mass is 16.5. The van der Waals surface area contributed by atoms with Crippen LogP contribution < -0.4 is 11.1 Å².